The lowest BCUT2D eigenvalue weighted by Gasteiger charge is -2.40. The molecular weight excluding hydrogens is 727 g/mol. The number of hydrogen-bond acceptors (Lipinski definition) is 10. The molecule has 11 heteroatoms. The highest BCUT2D eigenvalue weighted by Gasteiger charge is 2.44. The molecule has 1 heterocycles. The zero-order valence-electron chi connectivity index (χ0n) is 35.8. The monoisotopic (exact) mass is 812 g/mol. The summed E-state index contributed by atoms with van der Waals surface area (Å²) >= 11 is 0. The number of ether oxygens (including phenoxy) is 2. The molecule has 11 nitrogen and oxygen atoms in total. The van der Waals surface area contributed by atoms with Crippen LogP contribution >= 0.6 is 0 Å². The van der Waals surface area contributed by atoms with E-state index >= 15 is 0 Å². The molecule has 1 rings (SSSR count). The Morgan fingerprint density at radius 2 is 1.05 bits per heavy atom. The van der Waals surface area contributed by atoms with Crippen LogP contribution < -0.4 is 5.32 Å². The molecule has 0 saturated carbocycles. The predicted molar refractivity (Wildman–Crippen MR) is 228 cm³/mol. The molecule has 1 aliphatic rings. The van der Waals surface area contributed by atoms with Crippen LogP contribution in [0.2, 0.25) is 0 Å². The van der Waals surface area contributed by atoms with Gasteiger partial charge < -0.3 is 50.5 Å². The predicted octanol–water partition coefficient (Wildman–Crippen LogP) is 7.22. The van der Waals surface area contributed by atoms with Crippen LogP contribution in [0, 0.1) is 0 Å². The van der Waals surface area contributed by atoms with Crippen molar-refractivity contribution < 1.29 is 50.0 Å². The Hall–Kier alpha value is -1.67. The lowest BCUT2D eigenvalue weighted by molar-refractivity contribution is -0.303. The van der Waals surface area contributed by atoms with Crippen molar-refractivity contribution in [3.63, 3.8) is 0 Å². The Bertz CT molecular complexity index is 1020. The molecule has 0 aromatic carbocycles. The van der Waals surface area contributed by atoms with Gasteiger partial charge in [-0.1, -0.05) is 153 Å². The van der Waals surface area contributed by atoms with E-state index in [1.165, 1.54) is 89.9 Å². The molecule has 0 aromatic rings. The summed E-state index contributed by atoms with van der Waals surface area (Å²) in [4.78, 5) is 13.1. The van der Waals surface area contributed by atoms with E-state index in [1.54, 1.807) is 0 Å². The first-order valence-electron chi connectivity index (χ1n) is 22.9. The number of carbonyl (C=O) groups excluding carboxylic acids is 1. The fraction of sp³-hybridized carbons (Fsp3) is 0.848. The summed E-state index contributed by atoms with van der Waals surface area (Å²) in [5.74, 6) is -0.714. The van der Waals surface area contributed by atoms with Crippen LogP contribution in [0.4, 0.5) is 0 Å². The quantitative estimate of drug-likeness (QED) is 0.0235. The van der Waals surface area contributed by atoms with Gasteiger partial charge in [0.1, 0.15) is 36.6 Å². The maximum atomic E-state index is 13.1. The second-order valence-electron chi connectivity index (χ2n) is 16.1. The van der Waals surface area contributed by atoms with Gasteiger partial charge in [-0.15, -0.1) is 0 Å². The molecule has 8 N–H and O–H groups in total. The zero-order chi connectivity index (χ0) is 41.9. The summed E-state index contributed by atoms with van der Waals surface area (Å²) in [6, 6.07) is -1.19. The SMILES string of the molecule is CCCCCC/C=C/CC/C=C/CC/C=C/CCCC(O)C(O)C(COC1OC(CO)C(O)C(O)C1O)NC(=O)C(O)CCCCCCCCCCCCCCC. The van der Waals surface area contributed by atoms with E-state index in [2.05, 4.69) is 55.6 Å². The minimum atomic E-state index is -1.67. The summed E-state index contributed by atoms with van der Waals surface area (Å²) in [7, 11) is 0. The van der Waals surface area contributed by atoms with Gasteiger partial charge in [-0.25, -0.2) is 0 Å². The molecule has 0 spiro atoms. The summed E-state index contributed by atoms with van der Waals surface area (Å²) in [6.07, 6.45) is 29.0. The molecule has 0 aromatic heterocycles. The topological polar surface area (TPSA) is 189 Å². The fourth-order valence-corrected chi connectivity index (χ4v) is 7.06. The molecule has 334 valence electrons. The molecule has 0 aliphatic carbocycles. The Labute approximate surface area is 346 Å². The van der Waals surface area contributed by atoms with Crippen molar-refractivity contribution in [3.8, 4) is 0 Å². The summed E-state index contributed by atoms with van der Waals surface area (Å²) in [5, 5.41) is 75.5. The van der Waals surface area contributed by atoms with Gasteiger partial charge in [0, 0.05) is 0 Å². The minimum absolute atomic E-state index is 0.242. The summed E-state index contributed by atoms with van der Waals surface area (Å²) in [5.41, 5.74) is 0. The lowest BCUT2D eigenvalue weighted by atomic mass is 9.98. The van der Waals surface area contributed by atoms with Gasteiger partial charge in [0.25, 0.3) is 0 Å². The molecular formula is C46H85NO10. The highest BCUT2D eigenvalue weighted by molar-refractivity contribution is 5.80. The van der Waals surface area contributed by atoms with Crippen LogP contribution in [0.1, 0.15) is 181 Å². The molecule has 9 unspecified atom stereocenters. The van der Waals surface area contributed by atoms with Gasteiger partial charge >= 0.3 is 0 Å². The van der Waals surface area contributed by atoms with Crippen LogP contribution in [0.5, 0.6) is 0 Å². The number of unbranched alkanes of at least 4 members (excludes halogenated alkanes) is 19. The molecule has 9 atom stereocenters. The second-order valence-corrected chi connectivity index (χ2v) is 16.1. The van der Waals surface area contributed by atoms with Crippen LogP contribution in [0.3, 0.4) is 0 Å². The number of aliphatic hydroxyl groups is 7. The van der Waals surface area contributed by atoms with Crippen molar-refractivity contribution >= 4 is 5.91 Å². The van der Waals surface area contributed by atoms with E-state index in [0.29, 0.717) is 19.3 Å². The van der Waals surface area contributed by atoms with Gasteiger partial charge in [-0.3, -0.25) is 4.79 Å². The maximum absolute atomic E-state index is 13.1. The van der Waals surface area contributed by atoms with Gasteiger partial charge in [-0.2, -0.15) is 0 Å². The van der Waals surface area contributed by atoms with E-state index in [9.17, 15) is 40.5 Å². The highest BCUT2D eigenvalue weighted by atomic mass is 16.7. The number of rotatable bonds is 37. The molecule has 1 fully saturated rings. The third-order valence-corrected chi connectivity index (χ3v) is 10.9. The second kappa shape index (κ2) is 36.2. The van der Waals surface area contributed by atoms with Crippen molar-refractivity contribution in [3.05, 3.63) is 36.5 Å². The Balaban J connectivity index is 2.51. The molecule has 0 bridgehead atoms. The van der Waals surface area contributed by atoms with Gasteiger partial charge in [0.2, 0.25) is 5.91 Å². The standard InChI is InChI=1S/C46H85NO10/c1-3-5-7-9-11-13-15-17-18-19-20-22-23-25-27-29-31-33-38(49)41(51)37(36-56-46-44(54)43(53)42(52)40(35-48)57-46)47-45(55)39(50)34-32-30-28-26-24-21-16-14-12-10-8-6-4-2/h13,15,19-20,25,27,37-44,46,48-54H,3-12,14,16-18,21-24,26,28-36H2,1-2H3,(H,47,55)/b15-13+,20-19+,27-25+. The van der Waals surface area contributed by atoms with E-state index in [-0.39, 0.29) is 12.8 Å². The Morgan fingerprint density at radius 3 is 1.56 bits per heavy atom. The van der Waals surface area contributed by atoms with Crippen molar-refractivity contribution in [2.75, 3.05) is 13.2 Å². The largest absolute Gasteiger partial charge is 0.394 e. The van der Waals surface area contributed by atoms with Crippen molar-refractivity contribution in [2.24, 2.45) is 0 Å². The number of aliphatic hydroxyl groups excluding tert-OH is 7. The van der Waals surface area contributed by atoms with Crippen LogP contribution in [-0.2, 0) is 14.3 Å². The third-order valence-electron chi connectivity index (χ3n) is 10.9. The van der Waals surface area contributed by atoms with Crippen LogP contribution in [-0.4, -0.2) is 110 Å². The lowest BCUT2D eigenvalue weighted by Crippen LogP contribution is -2.60. The Morgan fingerprint density at radius 1 is 0.596 bits per heavy atom. The summed E-state index contributed by atoms with van der Waals surface area (Å²) < 4.78 is 11.1. The van der Waals surface area contributed by atoms with E-state index in [1.807, 2.05) is 0 Å². The maximum Gasteiger partial charge on any atom is 0.249 e. The molecule has 1 aliphatic heterocycles. The number of nitrogens with one attached hydrogen (secondary N) is 1. The van der Waals surface area contributed by atoms with E-state index in [0.717, 1.165) is 44.9 Å². The van der Waals surface area contributed by atoms with Crippen molar-refractivity contribution in [2.45, 2.75) is 236 Å². The van der Waals surface area contributed by atoms with E-state index in [4.69, 9.17) is 9.47 Å². The zero-order valence-corrected chi connectivity index (χ0v) is 35.8. The number of amides is 1. The van der Waals surface area contributed by atoms with Crippen molar-refractivity contribution in [1.82, 2.24) is 5.32 Å². The third kappa shape index (κ3) is 26.2. The smallest absolute Gasteiger partial charge is 0.249 e. The van der Waals surface area contributed by atoms with Gasteiger partial charge in [0.05, 0.1) is 25.4 Å². The summed E-state index contributed by atoms with van der Waals surface area (Å²) in [6.45, 7) is 3.38. The molecule has 1 amide bonds. The normalized spacial score (nSPS) is 22.4. The average Bonchev–Trinajstić information content (AvgIpc) is 3.21. The number of allylic oxidation sites excluding steroid dienone is 6. The van der Waals surface area contributed by atoms with Gasteiger partial charge in [-0.05, 0) is 64.2 Å². The minimum Gasteiger partial charge on any atom is -0.394 e. The first kappa shape index (κ1) is 53.3. The highest BCUT2D eigenvalue weighted by Crippen LogP contribution is 2.23. The Kier molecular flexibility index (Phi) is 33.9. The van der Waals surface area contributed by atoms with Gasteiger partial charge in [0.15, 0.2) is 6.29 Å². The van der Waals surface area contributed by atoms with Crippen molar-refractivity contribution in [1.29, 1.82) is 0 Å². The molecule has 57 heavy (non-hydrogen) atoms. The van der Waals surface area contributed by atoms with E-state index < -0.39 is 74.2 Å². The fourth-order valence-electron chi connectivity index (χ4n) is 7.06. The van der Waals surface area contributed by atoms with Crippen LogP contribution in [0.15, 0.2) is 36.5 Å². The molecule has 1 saturated heterocycles. The van der Waals surface area contributed by atoms with Crippen LogP contribution in [0.25, 0.3) is 0 Å². The number of carbonyl (C=O) groups is 1. The molecule has 0 radical (unpaired) electrons. The number of hydrogen-bond donors (Lipinski definition) is 8. The first-order chi connectivity index (χ1) is 27.7. The first-order valence-corrected chi connectivity index (χ1v) is 22.9. The average molecular weight is 812 g/mol.